The Balaban J connectivity index is 2.37. The molecular formula is C12H14N2O2. The summed E-state index contributed by atoms with van der Waals surface area (Å²) in [5.74, 6) is -0.327. The van der Waals surface area contributed by atoms with Gasteiger partial charge in [-0.3, -0.25) is 0 Å². The first kappa shape index (κ1) is 10.7. The number of pyridine rings is 1. The molecule has 0 aliphatic heterocycles. The van der Waals surface area contributed by atoms with Gasteiger partial charge in [0.15, 0.2) is 0 Å². The maximum Gasteiger partial charge on any atom is 0.340 e. The summed E-state index contributed by atoms with van der Waals surface area (Å²) in [5, 5.41) is 0.789. The molecule has 2 rings (SSSR count). The topological polar surface area (TPSA) is 55.0 Å². The van der Waals surface area contributed by atoms with E-state index in [9.17, 15) is 4.79 Å². The Kier molecular flexibility index (Phi) is 2.42. The van der Waals surface area contributed by atoms with Crippen LogP contribution in [-0.2, 0) is 4.74 Å². The molecule has 0 saturated carbocycles. The van der Waals surface area contributed by atoms with Crippen LogP contribution in [0.3, 0.4) is 0 Å². The summed E-state index contributed by atoms with van der Waals surface area (Å²) in [4.78, 5) is 18.9. The number of nitrogens with one attached hydrogen (secondary N) is 1. The van der Waals surface area contributed by atoms with Gasteiger partial charge in [-0.15, -0.1) is 0 Å². The van der Waals surface area contributed by atoms with E-state index in [1.807, 2.05) is 26.8 Å². The zero-order valence-electron chi connectivity index (χ0n) is 9.57. The lowest BCUT2D eigenvalue weighted by Gasteiger charge is -2.19. The first-order valence-electron chi connectivity index (χ1n) is 5.13. The van der Waals surface area contributed by atoms with Crippen molar-refractivity contribution in [1.82, 2.24) is 9.97 Å². The van der Waals surface area contributed by atoms with Crippen LogP contribution in [0.1, 0.15) is 31.1 Å². The Morgan fingerprint density at radius 2 is 2.19 bits per heavy atom. The van der Waals surface area contributed by atoms with Crippen molar-refractivity contribution in [3.63, 3.8) is 0 Å². The Morgan fingerprint density at radius 1 is 1.44 bits per heavy atom. The molecule has 0 fully saturated rings. The zero-order valence-corrected chi connectivity index (χ0v) is 9.57. The molecule has 0 aliphatic rings. The molecule has 4 nitrogen and oxygen atoms in total. The van der Waals surface area contributed by atoms with Crippen molar-refractivity contribution >= 4 is 17.0 Å². The summed E-state index contributed by atoms with van der Waals surface area (Å²) < 4.78 is 5.30. The minimum Gasteiger partial charge on any atom is -0.456 e. The van der Waals surface area contributed by atoms with Crippen LogP contribution >= 0.6 is 0 Å². The molecule has 2 heterocycles. The average molecular weight is 218 g/mol. The molecule has 0 saturated heterocycles. The van der Waals surface area contributed by atoms with Crippen molar-refractivity contribution in [3.05, 3.63) is 30.1 Å². The summed E-state index contributed by atoms with van der Waals surface area (Å²) in [5.41, 5.74) is 0.740. The highest BCUT2D eigenvalue weighted by Gasteiger charge is 2.20. The van der Waals surface area contributed by atoms with Crippen LogP contribution in [0, 0.1) is 0 Å². The van der Waals surface area contributed by atoms with E-state index >= 15 is 0 Å². The van der Waals surface area contributed by atoms with Gasteiger partial charge in [0.1, 0.15) is 11.2 Å². The van der Waals surface area contributed by atoms with Crippen molar-refractivity contribution in [2.45, 2.75) is 26.4 Å². The fourth-order valence-corrected chi connectivity index (χ4v) is 1.46. The second kappa shape index (κ2) is 3.63. The van der Waals surface area contributed by atoms with Gasteiger partial charge < -0.3 is 9.72 Å². The Morgan fingerprint density at radius 3 is 2.88 bits per heavy atom. The number of rotatable bonds is 1. The van der Waals surface area contributed by atoms with Crippen LogP contribution in [0.15, 0.2) is 24.5 Å². The predicted octanol–water partition coefficient (Wildman–Crippen LogP) is 2.52. The number of aromatic amines is 1. The summed E-state index contributed by atoms with van der Waals surface area (Å²) in [6, 6.07) is 3.64. The number of carbonyl (C=O) groups excluding carboxylic acids is 1. The van der Waals surface area contributed by atoms with Gasteiger partial charge in [-0.25, -0.2) is 9.78 Å². The normalized spacial score (nSPS) is 11.7. The second-order valence-electron chi connectivity index (χ2n) is 4.60. The van der Waals surface area contributed by atoms with Crippen molar-refractivity contribution in [1.29, 1.82) is 0 Å². The lowest BCUT2D eigenvalue weighted by Crippen LogP contribution is -2.23. The molecule has 0 atom stereocenters. The van der Waals surface area contributed by atoms with E-state index in [1.165, 1.54) is 0 Å². The second-order valence-corrected chi connectivity index (χ2v) is 4.60. The van der Waals surface area contributed by atoms with Crippen LogP contribution in [0.25, 0.3) is 11.0 Å². The Bertz CT molecular complexity index is 523. The third-order valence-corrected chi connectivity index (χ3v) is 2.07. The molecule has 0 bridgehead atoms. The largest absolute Gasteiger partial charge is 0.456 e. The molecule has 4 heteroatoms. The van der Waals surface area contributed by atoms with E-state index in [2.05, 4.69) is 9.97 Å². The molecule has 0 amide bonds. The average Bonchev–Trinajstić information content (AvgIpc) is 2.58. The number of aromatic nitrogens is 2. The van der Waals surface area contributed by atoms with Gasteiger partial charge in [0, 0.05) is 17.8 Å². The van der Waals surface area contributed by atoms with Crippen molar-refractivity contribution < 1.29 is 9.53 Å². The summed E-state index contributed by atoms with van der Waals surface area (Å²) in [7, 11) is 0. The molecule has 0 aromatic carbocycles. The molecule has 1 N–H and O–H groups in total. The predicted molar refractivity (Wildman–Crippen MR) is 61.3 cm³/mol. The van der Waals surface area contributed by atoms with Gasteiger partial charge in [0.25, 0.3) is 0 Å². The van der Waals surface area contributed by atoms with E-state index in [-0.39, 0.29) is 5.97 Å². The summed E-state index contributed by atoms with van der Waals surface area (Å²) in [6.07, 6.45) is 3.31. The highest BCUT2D eigenvalue weighted by molar-refractivity contribution is 6.03. The molecule has 0 spiro atoms. The van der Waals surface area contributed by atoms with E-state index < -0.39 is 5.60 Å². The summed E-state index contributed by atoms with van der Waals surface area (Å²) >= 11 is 0. The number of fused-ring (bicyclic) bond motifs is 1. The standard InChI is InChI=1S/C12H14N2O2/c1-12(2,3)16-11(15)9-7-14-10-8(9)5-4-6-13-10/h4-7H,1-3H3,(H,13,14). The lowest BCUT2D eigenvalue weighted by atomic mass is 10.2. The molecule has 0 unspecified atom stereocenters. The molecular weight excluding hydrogens is 204 g/mol. The monoisotopic (exact) mass is 218 g/mol. The molecule has 2 aromatic rings. The van der Waals surface area contributed by atoms with Crippen LogP contribution in [0.2, 0.25) is 0 Å². The van der Waals surface area contributed by atoms with Gasteiger partial charge in [0.05, 0.1) is 5.56 Å². The maximum absolute atomic E-state index is 11.9. The minimum absolute atomic E-state index is 0.327. The summed E-state index contributed by atoms with van der Waals surface area (Å²) in [6.45, 7) is 5.54. The van der Waals surface area contributed by atoms with Gasteiger partial charge in [-0.2, -0.15) is 0 Å². The molecule has 2 aromatic heterocycles. The van der Waals surface area contributed by atoms with Crippen molar-refractivity contribution in [3.8, 4) is 0 Å². The maximum atomic E-state index is 11.9. The number of hydrogen-bond acceptors (Lipinski definition) is 3. The van der Waals surface area contributed by atoms with Crippen LogP contribution < -0.4 is 0 Å². The zero-order chi connectivity index (χ0) is 11.8. The molecule has 16 heavy (non-hydrogen) atoms. The number of nitrogens with zero attached hydrogens (tertiary/aromatic N) is 1. The van der Waals surface area contributed by atoms with Gasteiger partial charge in [-0.05, 0) is 32.9 Å². The molecule has 0 radical (unpaired) electrons. The van der Waals surface area contributed by atoms with Crippen LogP contribution in [0.4, 0.5) is 0 Å². The van der Waals surface area contributed by atoms with Gasteiger partial charge in [0.2, 0.25) is 0 Å². The first-order valence-corrected chi connectivity index (χ1v) is 5.13. The first-order chi connectivity index (χ1) is 7.47. The van der Waals surface area contributed by atoms with Gasteiger partial charge in [-0.1, -0.05) is 0 Å². The number of ether oxygens (including phenoxy) is 1. The SMILES string of the molecule is CC(C)(C)OC(=O)c1c[nH]c2ncccc12. The Labute approximate surface area is 93.6 Å². The highest BCUT2D eigenvalue weighted by atomic mass is 16.6. The quantitative estimate of drug-likeness (QED) is 0.748. The van der Waals surface area contributed by atoms with Crippen molar-refractivity contribution in [2.75, 3.05) is 0 Å². The van der Waals surface area contributed by atoms with Crippen molar-refractivity contribution in [2.24, 2.45) is 0 Å². The fraction of sp³-hybridized carbons (Fsp3) is 0.333. The third kappa shape index (κ3) is 2.05. The minimum atomic E-state index is -0.483. The molecule has 0 aliphatic carbocycles. The van der Waals surface area contributed by atoms with E-state index in [0.717, 1.165) is 5.39 Å². The number of hydrogen-bond donors (Lipinski definition) is 1. The van der Waals surface area contributed by atoms with E-state index in [0.29, 0.717) is 11.2 Å². The van der Waals surface area contributed by atoms with E-state index in [4.69, 9.17) is 4.74 Å². The fourth-order valence-electron chi connectivity index (χ4n) is 1.46. The highest BCUT2D eigenvalue weighted by Crippen LogP contribution is 2.19. The van der Waals surface area contributed by atoms with Crippen LogP contribution in [-0.4, -0.2) is 21.5 Å². The van der Waals surface area contributed by atoms with Gasteiger partial charge >= 0.3 is 5.97 Å². The third-order valence-electron chi connectivity index (χ3n) is 2.07. The molecule has 84 valence electrons. The Hall–Kier alpha value is -1.84. The number of esters is 1. The van der Waals surface area contributed by atoms with Crippen LogP contribution in [0.5, 0.6) is 0 Å². The lowest BCUT2D eigenvalue weighted by molar-refractivity contribution is 0.00719. The smallest absolute Gasteiger partial charge is 0.340 e. The number of H-pyrrole nitrogens is 1. The van der Waals surface area contributed by atoms with E-state index in [1.54, 1.807) is 18.5 Å². The number of carbonyl (C=O) groups is 1.